The van der Waals surface area contributed by atoms with Crippen LogP contribution in [0.2, 0.25) is 5.02 Å². The van der Waals surface area contributed by atoms with Crippen molar-refractivity contribution in [1.82, 2.24) is 29.5 Å². The Bertz CT molecular complexity index is 1290. The van der Waals surface area contributed by atoms with Crippen molar-refractivity contribution in [2.45, 2.75) is 25.2 Å². The summed E-state index contributed by atoms with van der Waals surface area (Å²) in [6.45, 7) is 0.963. The Balaban J connectivity index is 1.45. The van der Waals surface area contributed by atoms with E-state index in [4.69, 9.17) is 11.6 Å². The molecule has 0 bridgehead atoms. The number of rotatable bonds is 3. The lowest BCUT2D eigenvalue weighted by Crippen LogP contribution is -2.39. The second-order valence-electron chi connectivity index (χ2n) is 7.50. The summed E-state index contributed by atoms with van der Waals surface area (Å²) in [6.07, 6.45) is 1.59. The highest BCUT2D eigenvalue weighted by Crippen LogP contribution is 2.30. The number of alkyl halides is 2. The molecule has 1 saturated heterocycles. The number of amides is 1. The summed E-state index contributed by atoms with van der Waals surface area (Å²) in [4.78, 5) is 27.1. The topological polar surface area (TPSA) is 76.3 Å². The third-order valence-electron chi connectivity index (χ3n) is 5.56. The lowest BCUT2D eigenvalue weighted by molar-refractivity contribution is 0.0704. The number of aromatic nitrogens is 5. The second kappa shape index (κ2) is 7.81. The van der Waals surface area contributed by atoms with E-state index in [2.05, 4.69) is 20.1 Å². The Morgan fingerprint density at radius 3 is 2.94 bits per heavy atom. The third-order valence-corrected chi connectivity index (χ3v) is 5.86. The van der Waals surface area contributed by atoms with E-state index in [1.54, 1.807) is 17.0 Å². The van der Waals surface area contributed by atoms with Crippen molar-refractivity contribution < 1.29 is 13.6 Å². The standard InChI is InChI=1S/C21H17ClF2N6O/c22-15-5-1-3-12-7-14(9-25-18(12)15)20(31)29-6-2-4-13(10-29)17-8-16(19(23)24)28-21-26-11-27-30(17)21/h1,3,5,7-9,11,13,19H,2,4,6,10H2/t13-/m0/s1. The van der Waals surface area contributed by atoms with Crippen LogP contribution in [0.5, 0.6) is 0 Å². The van der Waals surface area contributed by atoms with E-state index in [1.807, 2.05) is 12.1 Å². The van der Waals surface area contributed by atoms with Crippen LogP contribution in [0.4, 0.5) is 8.78 Å². The number of halogens is 3. The molecule has 4 aromatic rings. The fraction of sp³-hybridized carbons (Fsp3) is 0.286. The average molecular weight is 443 g/mol. The zero-order valence-corrected chi connectivity index (χ0v) is 17.0. The monoisotopic (exact) mass is 442 g/mol. The summed E-state index contributed by atoms with van der Waals surface area (Å²) in [5.74, 6) is -0.186. The average Bonchev–Trinajstić information content (AvgIpc) is 3.27. The molecular weight excluding hydrogens is 426 g/mol. The van der Waals surface area contributed by atoms with E-state index in [-0.39, 0.29) is 23.3 Å². The molecule has 10 heteroatoms. The molecule has 0 spiro atoms. The van der Waals surface area contributed by atoms with E-state index in [9.17, 15) is 13.6 Å². The number of pyridine rings is 1. The van der Waals surface area contributed by atoms with Crippen LogP contribution in [0, 0.1) is 0 Å². The molecule has 31 heavy (non-hydrogen) atoms. The SMILES string of the molecule is O=C(c1cnc2c(Cl)cccc2c1)N1CCC[C@H](c2cc(C(F)F)nc3ncnn23)C1. The molecule has 1 atom stereocenters. The van der Waals surface area contributed by atoms with Crippen LogP contribution < -0.4 is 0 Å². The first-order valence-electron chi connectivity index (χ1n) is 9.83. The maximum Gasteiger partial charge on any atom is 0.280 e. The molecule has 0 saturated carbocycles. The van der Waals surface area contributed by atoms with Gasteiger partial charge in [-0.15, -0.1) is 0 Å². The van der Waals surface area contributed by atoms with Gasteiger partial charge in [0.2, 0.25) is 0 Å². The van der Waals surface area contributed by atoms with Gasteiger partial charge in [-0.05, 0) is 31.0 Å². The van der Waals surface area contributed by atoms with Crippen molar-refractivity contribution in [2.75, 3.05) is 13.1 Å². The summed E-state index contributed by atoms with van der Waals surface area (Å²) in [6, 6.07) is 8.56. The van der Waals surface area contributed by atoms with Crippen LogP contribution in [0.3, 0.4) is 0 Å². The first kappa shape index (κ1) is 19.7. The van der Waals surface area contributed by atoms with Gasteiger partial charge in [-0.1, -0.05) is 23.7 Å². The van der Waals surface area contributed by atoms with E-state index in [0.717, 1.165) is 18.2 Å². The molecule has 4 heterocycles. The van der Waals surface area contributed by atoms with Crippen molar-refractivity contribution >= 4 is 34.2 Å². The second-order valence-corrected chi connectivity index (χ2v) is 7.91. The highest BCUT2D eigenvalue weighted by atomic mass is 35.5. The van der Waals surface area contributed by atoms with Gasteiger partial charge in [0.15, 0.2) is 0 Å². The molecule has 1 fully saturated rings. The van der Waals surface area contributed by atoms with Crippen LogP contribution in [0.1, 0.15) is 46.9 Å². The number of carbonyl (C=O) groups is 1. The molecule has 1 aromatic carbocycles. The molecule has 0 aliphatic carbocycles. The molecule has 158 valence electrons. The quantitative estimate of drug-likeness (QED) is 0.473. The normalized spacial score (nSPS) is 17.0. The van der Waals surface area contributed by atoms with Gasteiger partial charge >= 0.3 is 0 Å². The fourth-order valence-electron chi connectivity index (χ4n) is 4.08. The minimum atomic E-state index is -2.71. The van der Waals surface area contributed by atoms with Gasteiger partial charge in [-0.25, -0.2) is 18.3 Å². The van der Waals surface area contributed by atoms with E-state index in [1.165, 1.54) is 23.1 Å². The van der Waals surface area contributed by atoms with Crippen LogP contribution in [-0.4, -0.2) is 48.5 Å². The van der Waals surface area contributed by atoms with E-state index in [0.29, 0.717) is 34.9 Å². The molecular formula is C21H17ClF2N6O. The van der Waals surface area contributed by atoms with Crippen molar-refractivity contribution in [3.05, 3.63) is 64.8 Å². The highest BCUT2D eigenvalue weighted by molar-refractivity contribution is 6.35. The first-order chi connectivity index (χ1) is 15.0. The summed E-state index contributed by atoms with van der Waals surface area (Å²) in [5, 5.41) is 5.45. The number of piperidine rings is 1. The van der Waals surface area contributed by atoms with Crippen molar-refractivity contribution in [3.63, 3.8) is 0 Å². The summed E-state index contributed by atoms with van der Waals surface area (Å²) < 4.78 is 28.1. The minimum Gasteiger partial charge on any atom is -0.338 e. The number of likely N-dealkylation sites (tertiary alicyclic amines) is 1. The predicted octanol–water partition coefficient (Wildman–Crippen LogP) is 4.28. The number of benzene rings is 1. The lowest BCUT2D eigenvalue weighted by Gasteiger charge is -2.33. The van der Waals surface area contributed by atoms with Gasteiger partial charge in [0.05, 0.1) is 21.8 Å². The number of carbonyl (C=O) groups excluding carboxylic acids is 1. The Hall–Kier alpha value is -3.20. The molecule has 3 aromatic heterocycles. The minimum absolute atomic E-state index is 0.131. The molecule has 7 nitrogen and oxygen atoms in total. The molecule has 1 aliphatic rings. The van der Waals surface area contributed by atoms with Gasteiger partial charge in [0.1, 0.15) is 12.0 Å². The maximum atomic E-state index is 13.3. The summed E-state index contributed by atoms with van der Waals surface area (Å²) in [7, 11) is 0. The molecule has 1 aliphatic heterocycles. The highest BCUT2D eigenvalue weighted by Gasteiger charge is 2.29. The molecule has 0 unspecified atom stereocenters. The Labute approximate surface area is 180 Å². The van der Waals surface area contributed by atoms with Gasteiger partial charge < -0.3 is 4.90 Å². The zero-order chi connectivity index (χ0) is 21.5. The number of fused-ring (bicyclic) bond motifs is 2. The fourth-order valence-corrected chi connectivity index (χ4v) is 4.31. The van der Waals surface area contributed by atoms with Crippen molar-refractivity contribution in [1.29, 1.82) is 0 Å². The molecule has 5 rings (SSSR count). The van der Waals surface area contributed by atoms with Crippen LogP contribution in [0.15, 0.2) is 42.9 Å². The van der Waals surface area contributed by atoms with Crippen LogP contribution >= 0.6 is 11.6 Å². The van der Waals surface area contributed by atoms with Gasteiger partial charge in [0.25, 0.3) is 18.1 Å². The smallest absolute Gasteiger partial charge is 0.280 e. The Morgan fingerprint density at radius 1 is 1.23 bits per heavy atom. The summed E-state index contributed by atoms with van der Waals surface area (Å²) >= 11 is 6.17. The Morgan fingerprint density at radius 2 is 2.10 bits per heavy atom. The number of hydrogen-bond acceptors (Lipinski definition) is 5. The van der Waals surface area contributed by atoms with Gasteiger partial charge in [-0.2, -0.15) is 10.1 Å². The van der Waals surface area contributed by atoms with Crippen LogP contribution in [0.25, 0.3) is 16.7 Å². The predicted molar refractivity (Wildman–Crippen MR) is 110 cm³/mol. The van der Waals surface area contributed by atoms with Crippen LogP contribution in [-0.2, 0) is 0 Å². The zero-order valence-electron chi connectivity index (χ0n) is 16.3. The van der Waals surface area contributed by atoms with E-state index >= 15 is 0 Å². The van der Waals surface area contributed by atoms with Crippen molar-refractivity contribution in [2.24, 2.45) is 0 Å². The van der Waals surface area contributed by atoms with Crippen molar-refractivity contribution in [3.8, 4) is 0 Å². The lowest BCUT2D eigenvalue weighted by atomic mass is 9.93. The number of hydrogen-bond donors (Lipinski definition) is 0. The maximum absolute atomic E-state index is 13.3. The van der Waals surface area contributed by atoms with Gasteiger partial charge in [0, 0.05) is 30.6 Å². The van der Waals surface area contributed by atoms with Gasteiger partial charge in [-0.3, -0.25) is 9.78 Å². The molecule has 1 amide bonds. The first-order valence-corrected chi connectivity index (χ1v) is 10.2. The molecule has 0 N–H and O–H groups in total. The molecule has 0 radical (unpaired) electrons. The third kappa shape index (κ3) is 3.59. The van der Waals surface area contributed by atoms with E-state index < -0.39 is 6.43 Å². The number of nitrogens with zero attached hydrogens (tertiary/aromatic N) is 6. The summed E-state index contributed by atoms with van der Waals surface area (Å²) in [5.41, 5.74) is 1.35. The Kier molecular flexibility index (Phi) is 4.97. The largest absolute Gasteiger partial charge is 0.338 e. The number of para-hydroxylation sites is 1.